The number of quaternary nitrogens is 1. The summed E-state index contributed by atoms with van der Waals surface area (Å²) >= 11 is 0. The summed E-state index contributed by atoms with van der Waals surface area (Å²) in [5.41, 5.74) is -2.00. The van der Waals surface area contributed by atoms with Gasteiger partial charge in [-0.15, -0.1) is 0 Å². The maximum absolute atomic E-state index is 11.9. The molecule has 3 atom stereocenters. The number of nitrogens with zero attached hydrogens (tertiary/aromatic N) is 1. The lowest BCUT2D eigenvalue weighted by molar-refractivity contribution is -0.963. The molecule has 0 aromatic rings. The minimum Gasteiger partial charge on any atom is -0.498 e. The minimum atomic E-state index is -1.28. The van der Waals surface area contributed by atoms with Crippen molar-refractivity contribution >= 4 is 12.1 Å². The van der Waals surface area contributed by atoms with E-state index in [0.717, 1.165) is 0 Å². The second-order valence-electron chi connectivity index (χ2n) is 6.24. The van der Waals surface area contributed by atoms with Crippen LogP contribution in [0.2, 0.25) is 0 Å². The van der Waals surface area contributed by atoms with E-state index in [1.807, 2.05) is 0 Å². The molecule has 5 heteroatoms. The van der Waals surface area contributed by atoms with Gasteiger partial charge in [0.1, 0.15) is 0 Å². The summed E-state index contributed by atoms with van der Waals surface area (Å²) < 4.78 is -0.494. The van der Waals surface area contributed by atoms with Gasteiger partial charge in [0.2, 0.25) is 5.54 Å². The fourth-order valence-electron chi connectivity index (χ4n) is 4.01. The lowest BCUT2D eigenvalue weighted by atomic mass is 9.85. The topological polar surface area (TPSA) is 77.4 Å². The quantitative estimate of drug-likeness (QED) is 0.758. The Morgan fingerprint density at radius 2 is 1.94 bits per heavy atom. The highest BCUT2D eigenvalue weighted by Gasteiger charge is 2.68. The summed E-state index contributed by atoms with van der Waals surface area (Å²) in [6.45, 7) is 8.88. The standard InChI is InChI=1S/C13H23NO4/c1-6-13(10(15)16)8-7-9(2)14(13,11(17)18)12(3,4)5/h9H,6-8H2,1-5H3,(H-,15,16,17,18). The van der Waals surface area contributed by atoms with Crippen molar-refractivity contribution in [3.63, 3.8) is 0 Å². The molecule has 5 nitrogen and oxygen atoms in total. The predicted octanol–water partition coefficient (Wildman–Crippen LogP) is 1.36. The van der Waals surface area contributed by atoms with Crippen LogP contribution < -0.4 is 5.11 Å². The van der Waals surface area contributed by atoms with E-state index in [4.69, 9.17) is 0 Å². The highest BCUT2D eigenvalue weighted by atomic mass is 16.4. The number of carboxylic acids is 1. The molecule has 0 saturated carbocycles. The molecule has 104 valence electrons. The molecule has 1 aliphatic rings. The van der Waals surface area contributed by atoms with Gasteiger partial charge in [-0.25, -0.2) is 4.79 Å². The Morgan fingerprint density at radius 1 is 1.44 bits per heavy atom. The van der Waals surface area contributed by atoms with Gasteiger partial charge in [0, 0.05) is 19.3 Å². The van der Waals surface area contributed by atoms with Gasteiger partial charge in [-0.1, -0.05) is 6.92 Å². The highest BCUT2D eigenvalue weighted by molar-refractivity contribution is 5.80. The van der Waals surface area contributed by atoms with Crippen molar-refractivity contribution in [1.29, 1.82) is 0 Å². The normalized spacial score (nSPS) is 36.6. The van der Waals surface area contributed by atoms with Crippen LogP contribution in [-0.4, -0.2) is 38.8 Å². The van der Waals surface area contributed by atoms with E-state index < -0.39 is 27.6 Å². The molecule has 3 unspecified atom stereocenters. The zero-order valence-electron chi connectivity index (χ0n) is 11.8. The Labute approximate surface area is 108 Å². The Kier molecular flexibility index (Phi) is 3.51. The smallest absolute Gasteiger partial charge is 0.366 e. The van der Waals surface area contributed by atoms with E-state index in [1.54, 1.807) is 34.6 Å². The molecule has 1 amide bonds. The van der Waals surface area contributed by atoms with Gasteiger partial charge < -0.3 is 15.0 Å². The third kappa shape index (κ3) is 1.49. The first-order chi connectivity index (χ1) is 8.08. The van der Waals surface area contributed by atoms with Crippen molar-refractivity contribution in [3.8, 4) is 0 Å². The molecule has 1 aliphatic heterocycles. The van der Waals surface area contributed by atoms with Gasteiger partial charge in [0.25, 0.3) is 6.09 Å². The zero-order valence-corrected chi connectivity index (χ0v) is 11.8. The molecule has 1 heterocycles. The first-order valence-corrected chi connectivity index (χ1v) is 6.41. The van der Waals surface area contributed by atoms with E-state index in [0.29, 0.717) is 12.8 Å². The lowest BCUT2D eigenvalue weighted by Crippen LogP contribution is -2.79. The van der Waals surface area contributed by atoms with Crippen LogP contribution >= 0.6 is 0 Å². The molecule has 0 bridgehead atoms. The first-order valence-electron chi connectivity index (χ1n) is 6.41. The van der Waals surface area contributed by atoms with E-state index in [-0.39, 0.29) is 12.5 Å². The number of hydrogen-bond acceptors (Lipinski definition) is 3. The third-order valence-corrected chi connectivity index (χ3v) is 4.64. The molecule has 0 radical (unpaired) electrons. The zero-order chi connectivity index (χ0) is 14.4. The monoisotopic (exact) mass is 257 g/mol. The number of amides is 1. The molecular weight excluding hydrogens is 234 g/mol. The van der Waals surface area contributed by atoms with Crippen LogP contribution in [-0.2, 0) is 4.79 Å². The van der Waals surface area contributed by atoms with E-state index in [2.05, 4.69) is 0 Å². The van der Waals surface area contributed by atoms with Crippen LogP contribution in [0, 0.1) is 0 Å². The molecular formula is C13H23NO4. The molecule has 1 saturated heterocycles. The van der Waals surface area contributed by atoms with E-state index in [1.165, 1.54) is 0 Å². The Morgan fingerprint density at radius 3 is 2.17 bits per heavy atom. The van der Waals surface area contributed by atoms with Crippen LogP contribution in [0.3, 0.4) is 0 Å². The second kappa shape index (κ2) is 4.23. The Bertz CT molecular complexity index is 374. The summed E-state index contributed by atoms with van der Waals surface area (Å²) in [7, 11) is 0. The predicted molar refractivity (Wildman–Crippen MR) is 64.8 cm³/mol. The summed E-state index contributed by atoms with van der Waals surface area (Å²) in [5, 5.41) is 21.5. The van der Waals surface area contributed by atoms with Crippen molar-refractivity contribution in [3.05, 3.63) is 0 Å². The van der Waals surface area contributed by atoms with Crippen LogP contribution in [0.25, 0.3) is 0 Å². The molecule has 0 spiro atoms. The molecule has 1 rings (SSSR count). The summed E-state index contributed by atoms with van der Waals surface area (Å²) in [4.78, 5) is 23.6. The number of hydrogen-bond donors (Lipinski definition) is 1. The number of carbonyl (C=O) groups excluding carboxylic acids is 1. The minimum absolute atomic E-state index is 0.258. The molecule has 18 heavy (non-hydrogen) atoms. The number of carboxylic acid groups (broad SMARTS) is 2. The number of likely N-dealkylation sites (tertiary alicyclic amines) is 1. The van der Waals surface area contributed by atoms with E-state index in [9.17, 15) is 19.8 Å². The van der Waals surface area contributed by atoms with Crippen LogP contribution in [0.15, 0.2) is 0 Å². The van der Waals surface area contributed by atoms with Crippen LogP contribution in [0.4, 0.5) is 4.79 Å². The van der Waals surface area contributed by atoms with Gasteiger partial charge >= 0.3 is 5.97 Å². The fourth-order valence-corrected chi connectivity index (χ4v) is 4.01. The van der Waals surface area contributed by atoms with Crippen LogP contribution in [0.5, 0.6) is 0 Å². The van der Waals surface area contributed by atoms with Crippen molar-refractivity contribution in [2.24, 2.45) is 0 Å². The van der Waals surface area contributed by atoms with Crippen molar-refractivity contribution < 1.29 is 24.3 Å². The lowest BCUT2D eigenvalue weighted by Gasteiger charge is -2.56. The largest absolute Gasteiger partial charge is 0.498 e. The van der Waals surface area contributed by atoms with Gasteiger partial charge in [0.15, 0.2) is 0 Å². The van der Waals surface area contributed by atoms with Gasteiger partial charge in [-0.3, -0.25) is 4.48 Å². The number of rotatable bonds is 2. The molecule has 0 aromatic carbocycles. The summed E-state index contributed by atoms with van der Waals surface area (Å²) in [5.74, 6) is -1.03. The molecule has 1 fully saturated rings. The van der Waals surface area contributed by atoms with Gasteiger partial charge in [0.05, 0.1) is 11.6 Å². The second-order valence-corrected chi connectivity index (χ2v) is 6.24. The van der Waals surface area contributed by atoms with Crippen molar-refractivity contribution in [2.45, 2.75) is 71.0 Å². The Hall–Kier alpha value is -1.10. The molecule has 0 aromatic heterocycles. The summed E-state index contributed by atoms with van der Waals surface area (Å²) in [6.07, 6.45) is -0.0223. The van der Waals surface area contributed by atoms with Gasteiger partial charge in [-0.05, 0) is 27.7 Å². The number of aliphatic carboxylic acids is 1. The Balaban J connectivity index is 3.62. The van der Waals surface area contributed by atoms with Crippen molar-refractivity contribution in [2.75, 3.05) is 0 Å². The maximum atomic E-state index is 11.9. The SMILES string of the molecule is CCC1(C(=O)O)CCC(C)[N+]1(C(=O)[O-])C(C)(C)C. The average Bonchev–Trinajstić information content (AvgIpc) is 2.52. The fraction of sp³-hybridized carbons (Fsp3) is 0.846. The molecule has 1 N–H and O–H groups in total. The van der Waals surface area contributed by atoms with Crippen LogP contribution in [0.1, 0.15) is 53.9 Å². The first kappa shape index (κ1) is 15.0. The highest BCUT2D eigenvalue weighted by Crippen LogP contribution is 2.49. The number of carbonyl (C=O) groups is 2. The van der Waals surface area contributed by atoms with Crippen molar-refractivity contribution in [1.82, 2.24) is 0 Å². The third-order valence-electron chi connectivity index (χ3n) is 4.64. The van der Waals surface area contributed by atoms with Gasteiger partial charge in [-0.2, -0.15) is 0 Å². The maximum Gasteiger partial charge on any atom is 0.366 e. The summed E-state index contributed by atoms with van der Waals surface area (Å²) in [6, 6.07) is -0.258. The average molecular weight is 257 g/mol. The van der Waals surface area contributed by atoms with E-state index >= 15 is 0 Å². The molecule has 0 aliphatic carbocycles.